The highest BCUT2D eigenvalue weighted by molar-refractivity contribution is 5.89. The number of nitrogens with two attached hydrogens (primary N) is 1. The van der Waals surface area contributed by atoms with Crippen molar-refractivity contribution in [1.29, 1.82) is 0 Å². The molecule has 1 unspecified atom stereocenters. The van der Waals surface area contributed by atoms with E-state index >= 15 is 0 Å². The molecule has 0 amide bonds. The van der Waals surface area contributed by atoms with Crippen LogP contribution in [0.3, 0.4) is 0 Å². The first kappa shape index (κ1) is 27.9. The Morgan fingerprint density at radius 3 is 1.52 bits per heavy atom. The largest absolute Gasteiger partial charge is 0.318 e. The number of carbonyl (C=O) groups is 1. The lowest BCUT2D eigenvalue weighted by molar-refractivity contribution is -0.129. The average molecular weight is 430 g/mol. The SMILES string of the molecule is CCCCCCCCCCCCCCCCCCC(C)(C)C(=O)C(N)c1ccccc1. The number of benzene rings is 1. The molecule has 1 rings (SSSR count). The van der Waals surface area contributed by atoms with Gasteiger partial charge in [0.25, 0.3) is 0 Å². The monoisotopic (exact) mass is 429 g/mol. The molecule has 178 valence electrons. The summed E-state index contributed by atoms with van der Waals surface area (Å²) in [4.78, 5) is 12.8. The minimum absolute atomic E-state index is 0.166. The Bertz CT molecular complexity index is 551. The number of carbonyl (C=O) groups excluding carboxylic acids is 1. The molecule has 2 nitrogen and oxygen atoms in total. The lowest BCUT2D eigenvalue weighted by Crippen LogP contribution is -2.34. The van der Waals surface area contributed by atoms with E-state index in [1.54, 1.807) is 0 Å². The minimum Gasteiger partial charge on any atom is -0.318 e. The van der Waals surface area contributed by atoms with Crippen molar-refractivity contribution in [2.75, 3.05) is 0 Å². The molecule has 1 aromatic rings. The zero-order chi connectivity index (χ0) is 22.8. The molecule has 0 saturated heterocycles. The Labute approximate surface area is 193 Å². The van der Waals surface area contributed by atoms with Crippen molar-refractivity contribution in [3.05, 3.63) is 35.9 Å². The smallest absolute Gasteiger partial charge is 0.159 e. The third-order valence-electron chi connectivity index (χ3n) is 6.76. The number of unbranched alkanes of at least 4 members (excludes halogenated alkanes) is 15. The molecule has 0 aliphatic rings. The number of hydrogen-bond acceptors (Lipinski definition) is 2. The molecule has 0 fully saturated rings. The van der Waals surface area contributed by atoms with E-state index in [1.807, 2.05) is 30.3 Å². The fraction of sp³-hybridized carbons (Fsp3) is 0.759. The molecule has 0 saturated carbocycles. The predicted octanol–water partition coefficient (Wildman–Crippen LogP) is 8.93. The van der Waals surface area contributed by atoms with Gasteiger partial charge in [0.1, 0.15) is 0 Å². The molecule has 0 aliphatic carbocycles. The van der Waals surface area contributed by atoms with Crippen LogP contribution in [0, 0.1) is 5.41 Å². The van der Waals surface area contributed by atoms with Crippen LogP contribution >= 0.6 is 0 Å². The lowest BCUT2D eigenvalue weighted by atomic mass is 9.78. The van der Waals surface area contributed by atoms with Gasteiger partial charge in [0.15, 0.2) is 5.78 Å². The summed E-state index contributed by atoms with van der Waals surface area (Å²) in [7, 11) is 0. The first-order valence-electron chi connectivity index (χ1n) is 13.3. The Morgan fingerprint density at radius 2 is 1.10 bits per heavy atom. The highest BCUT2D eigenvalue weighted by atomic mass is 16.1. The van der Waals surface area contributed by atoms with Gasteiger partial charge in [-0.25, -0.2) is 0 Å². The van der Waals surface area contributed by atoms with E-state index < -0.39 is 6.04 Å². The van der Waals surface area contributed by atoms with Gasteiger partial charge in [0.05, 0.1) is 6.04 Å². The van der Waals surface area contributed by atoms with Gasteiger partial charge >= 0.3 is 0 Å². The van der Waals surface area contributed by atoms with Crippen molar-refractivity contribution < 1.29 is 4.79 Å². The van der Waals surface area contributed by atoms with Crippen molar-refractivity contribution in [2.24, 2.45) is 11.1 Å². The summed E-state index contributed by atoms with van der Waals surface area (Å²) in [6, 6.07) is 9.26. The van der Waals surface area contributed by atoms with Crippen molar-refractivity contribution in [1.82, 2.24) is 0 Å². The fourth-order valence-electron chi connectivity index (χ4n) is 4.47. The van der Waals surface area contributed by atoms with Crippen molar-refractivity contribution in [3.63, 3.8) is 0 Å². The second-order valence-corrected chi connectivity index (χ2v) is 10.2. The highest BCUT2D eigenvalue weighted by Crippen LogP contribution is 2.30. The molecule has 2 N–H and O–H groups in total. The molecule has 1 atom stereocenters. The lowest BCUT2D eigenvalue weighted by Gasteiger charge is -2.26. The normalized spacial score (nSPS) is 12.8. The van der Waals surface area contributed by atoms with Crippen LogP contribution in [-0.2, 0) is 4.79 Å². The molecule has 0 bridgehead atoms. The summed E-state index contributed by atoms with van der Waals surface area (Å²) in [5, 5.41) is 0. The van der Waals surface area contributed by atoms with Crippen LogP contribution in [0.2, 0.25) is 0 Å². The van der Waals surface area contributed by atoms with Gasteiger partial charge in [-0.05, 0) is 12.0 Å². The van der Waals surface area contributed by atoms with Gasteiger partial charge in [0, 0.05) is 5.41 Å². The van der Waals surface area contributed by atoms with Gasteiger partial charge < -0.3 is 5.73 Å². The Hall–Kier alpha value is -1.15. The van der Waals surface area contributed by atoms with Crippen LogP contribution in [0.1, 0.15) is 142 Å². The third-order valence-corrected chi connectivity index (χ3v) is 6.76. The molecule has 0 aromatic heterocycles. The summed E-state index contributed by atoms with van der Waals surface area (Å²) >= 11 is 0. The van der Waals surface area contributed by atoms with Crippen LogP contribution < -0.4 is 5.73 Å². The zero-order valence-electron chi connectivity index (χ0n) is 21.0. The number of hydrogen-bond donors (Lipinski definition) is 1. The number of rotatable bonds is 20. The predicted molar refractivity (Wildman–Crippen MR) is 136 cm³/mol. The van der Waals surface area contributed by atoms with E-state index in [2.05, 4.69) is 20.8 Å². The van der Waals surface area contributed by atoms with E-state index in [9.17, 15) is 4.79 Å². The topological polar surface area (TPSA) is 43.1 Å². The van der Waals surface area contributed by atoms with Gasteiger partial charge in [-0.1, -0.05) is 154 Å². The summed E-state index contributed by atoms with van der Waals surface area (Å²) in [5.41, 5.74) is 6.82. The maximum Gasteiger partial charge on any atom is 0.159 e. The van der Waals surface area contributed by atoms with Crippen LogP contribution in [0.15, 0.2) is 30.3 Å². The van der Waals surface area contributed by atoms with Gasteiger partial charge in [0.2, 0.25) is 0 Å². The first-order chi connectivity index (χ1) is 15.0. The first-order valence-corrected chi connectivity index (χ1v) is 13.3. The van der Waals surface area contributed by atoms with Crippen molar-refractivity contribution >= 4 is 5.78 Å². The molecule has 0 radical (unpaired) electrons. The number of ketones is 1. The van der Waals surface area contributed by atoms with Crippen molar-refractivity contribution in [3.8, 4) is 0 Å². The Balaban J connectivity index is 1.97. The van der Waals surface area contributed by atoms with Gasteiger partial charge in [-0.2, -0.15) is 0 Å². The van der Waals surface area contributed by atoms with E-state index in [0.29, 0.717) is 0 Å². The van der Waals surface area contributed by atoms with E-state index in [4.69, 9.17) is 5.73 Å². The maximum atomic E-state index is 12.8. The summed E-state index contributed by atoms with van der Waals surface area (Å²) in [6.45, 7) is 6.40. The van der Waals surface area contributed by atoms with Crippen LogP contribution in [-0.4, -0.2) is 5.78 Å². The molecule has 0 spiro atoms. The second-order valence-electron chi connectivity index (χ2n) is 10.2. The van der Waals surface area contributed by atoms with Crippen molar-refractivity contribution in [2.45, 2.75) is 136 Å². The van der Waals surface area contributed by atoms with Crippen LogP contribution in [0.4, 0.5) is 0 Å². The van der Waals surface area contributed by atoms with E-state index in [0.717, 1.165) is 18.4 Å². The molecular weight excluding hydrogens is 378 g/mol. The highest BCUT2D eigenvalue weighted by Gasteiger charge is 2.31. The van der Waals surface area contributed by atoms with Crippen LogP contribution in [0.5, 0.6) is 0 Å². The Morgan fingerprint density at radius 1 is 0.710 bits per heavy atom. The standard InChI is InChI=1S/C29H51NO/c1-4-5-6-7-8-9-10-11-12-13-14-15-16-17-18-22-25-29(2,3)28(31)27(30)26-23-20-19-21-24-26/h19-21,23-24,27H,4-18,22,25,30H2,1-3H3. The Kier molecular flexibility index (Phi) is 15.7. The summed E-state index contributed by atoms with van der Waals surface area (Å²) in [6.07, 6.45) is 22.9. The molecule has 1 aromatic carbocycles. The van der Waals surface area contributed by atoms with Crippen LogP contribution in [0.25, 0.3) is 0 Å². The zero-order valence-corrected chi connectivity index (χ0v) is 21.0. The molecule has 0 aliphatic heterocycles. The van der Waals surface area contributed by atoms with Gasteiger partial charge in [-0.15, -0.1) is 0 Å². The number of Topliss-reactive ketones (excluding diaryl/α,β-unsaturated/α-hetero) is 1. The average Bonchev–Trinajstić information content (AvgIpc) is 2.78. The third kappa shape index (κ3) is 13.1. The molecule has 31 heavy (non-hydrogen) atoms. The van der Waals surface area contributed by atoms with E-state index in [1.165, 1.54) is 96.3 Å². The summed E-state index contributed by atoms with van der Waals surface area (Å²) in [5.74, 6) is 0.166. The molecular formula is C29H51NO. The summed E-state index contributed by atoms with van der Waals surface area (Å²) < 4.78 is 0. The minimum atomic E-state index is -0.503. The second kappa shape index (κ2) is 17.4. The van der Waals surface area contributed by atoms with Gasteiger partial charge in [-0.3, -0.25) is 4.79 Å². The quantitative estimate of drug-likeness (QED) is 0.210. The fourth-order valence-corrected chi connectivity index (χ4v) is 4.47. The maximum absolute atomic E-state index is 12.8. The van der Waals surface area contributed by atoms with E-state index in [-0.39, 0.29) is 11.2 Å². The molecule has 2 heteroatoms. The molecule has 0 heterocycles.